The van der Waals surface area contributed by atoms with E-state index in [4.69, 9.17) is 9.47 Å². The van der Waals surface area contributed by atoms with Crippen LogP contribution in [0.1, 0.15) is 27.8 Å². The molecule has 0 aliphatic rings. The summed E-state index contributed by atoms with van der Waals surface area (Å²) in [5.74, 6) is 1.80. The van der Waals surface area contributed by atoms with Crippen molar-refractivity contribution < 1.29 is 14.4 Å². The van der Waals surface area contributed by atoms with E-state index < -0.39 is 5.25 Å². The van der Waals surface area contributed by atoms with E-state index in [0.29, 0.717) is 29.1 Å². The van der Waals surface area contributed by atoms with Gasteiger partial charge in [0.05, 0.1) is 7.11 Å². The Morgan fingerprint density at radius 3 is 2.43 bits per heavy atom. The molecule has 4 rings (SSSR count). The van der Waals surface area contributed by atoms with Crippen LogP contribution in [-0.2, 0) is 6.61 Å². The number of aryl methyl sites for hydroxylation is 2. The molecule has 0 saturated heterocycles. The zero-order valence-corrected chi connectivity index (χ0v) is 20.6. The normalized spacial score (nSPS) is 11.7. The van der Waals surface area contributed by atoms with Crippen LogP contribution in [0.25, 0.3) is 5.69 Å². The quantitative estimate of drug-likeness (QED) is 0.163. The van der Waals surface area contributed by atoms with Gasteiger partial charge in [-0.2, -0.15) is 0 Å². The first-order valence-corrected chi connectivity index (χ1v) is 11.9. The van der Waals surface area contributed by atoms with E-state index in [1.807, 2.05) is 79.1 Å². The highest BCUT2D eigenvalue weighted by Gasteiger charge is 2.25. The lowest BCUT2D eigenvalue weighted by molar-refractivity contribution is -0.479. The number of aromatic nitrogens is 3. The van der Waals surface area contributed by atoms with Gasteiger partial charge < -0.3 is 9.47 Å². The Labute approximate surface area is 208 Å². The van der Waals surface area contributed by atoms with Crippen molar-refractivity contribution in [3.05, 3.63) is 105 Å². The topological polar surface area (TPSA) is 92.3 Å². The maximum Gasteiger partial charge on any atom is 0.220 e. The molecule has 1 heterocycles. The van der Waals surface area contributed by atoms with Crippen LogP contribution in [-0.4, -0.2) is 33.3 Å². The summed E-state index contributed by atoms with van der Waals surface area (Å²) >= 11 is 1.30. The fourth-order valence-corrected chi connectivity index (χ4v) is 4.79. The molecule has 0 unspecified atom stereocenters. The molecule has 1 atom stereocenters. The van der Waals surface area contributed by atoms with Gasteiger partial charge in [0.25, 0.3) is 0 Å². The zero-order chi connectivity index (χ0) is 24.8. The minimum Gasteiger partial charge on any atom is -0.493 e. The summed E-state index contributed by atoms with van der Waals surface area (Å²) in [5, 5.41) is 20.2. The van der Waals surface area contributed by atoms with Gasteiger partial charge in [0.2, 0.25) is 6.54 Å². The molecule has 0 fully saturated rings. The number of nitrogens with zero attached hydrogens (tertiary/aromatic N) is 4. The van der Waals surface area contributed by atoms with E-state index in [9.17, 15) is 10.1 Å². The zero-order valence-electron chi connectivity index (χ0n) is 19.7. The number of rotatable bonds is 10. The third-order valence-electron chi connectivity index (χ3n) is 5.45. The predicted molar refractivity (Wildman–Crippen MR) is 135 cm³/mol. The van der Waals surface area contributed by atoms with E-state index in [-0.39, 0.29) is 11.5 Å². The fraction of sp³-hybridized carbons (Fsp3) is 0.231. The lowest BCUT2D eigenvalue weighted by Crippen LogP contribution is -2.11. The van der Waals surface area contributed by atoms with Crippen LogP contribution in [0, 0.1) is 24.0 Å². The molecule has 8 nitrogen and oxygen atoms in total. The smallest absolute Gasteiger partial charge is 0.220 e. The van der Waals surface area contributed by atoms with E-state index >= 15 is 0 Å². The Hall–Kier alpha value is -3.85. The molecule has 35 heavy (non-hydrogen) atoms. The van der Waals surface area contributed by atoms with Gasteiger partial charge in [-0.25, -0.2) is 0 Å². The van der Waals surface area contributed by atoms with Gasteiger partial charge in [0.1, 0.15) is 17.7 Å². The summed E-state index contributed by atoms with van der Waals surface area (Å²) in [6.07, 6.45) is 0. The van der Waals surface area contributed by atoms with Crippen LogP contribution in [0.4, 0.5) is 0 Å². The van der Waals surface area contributed by atoms with Crippen LogP contribution in [0.3, 0.4) is 0 Å². The van der Waals surface area contributed by atoms with Crippen molar-refractivity contribution in [2.24, 2.45) is 0 Å². The number of methoxy groups -OCH3 is 1. The van der Waals surface area contributed by atoms with Crippen molar-refractivity contribution in [1.29, 1.82) is 0 Å². The lowest BCUT2D eigenvalue weighted by atomic mass is 10.1. The van der Waals surface area contributed by atoms with Gasteiger partial charge in [-0.3, -0.25) is 14.7 Å². The summed E-state index contributed by atoms with van der Waals surface area (Å²) in [6, 6.07) is 23.2. The van der Waals surface area contributed by atoms with Crippen molar-refractivity contribution in [2.45, 2.75) is 30.9 Å². The first-order chi connectivity index (χ1) is 16.9. The molecule has 0 aliphatic carbocycles. The van der Waals surface area contributed by atoms with Gasteiger partial charge in [-0.1, -0.05) is 65.9 Å². The Kier molecular flexibility index (Phi) is 7.67. The molecule has 180 valence electrons. The summed E-state index contributed by atoms with van der Waals surface area (Å²) in [6.45, 7) is 3.99. The Morgan fingerprint density at radius 2 is 1.74 bits per heavy atom. The Morgan fingerprint density at radius 1 is 1.00 bits per heavy atom. The van der Waals surface area contributed by atoms with Gasteiger partial charge in [0, 0.05) is 10.6 Å². The molecule has 0 amide bonds. The highest BCUT2D eigenvalue weighted by Crippen LogP contribution is 2.39. The average Bonchev–Trinajstić information content (AvgIpc) is 3.23. The summed E-state index contributed by atoms with van der Waals surface area (Å²) in [7, 11) is 1.56. The van der Waals surface area contributed by atoms with Gasteiger partial charge >= 0.3 is 0 Å². The van der Waals surface area contributed by atoms with Crippen molar-refractivity contribution >= 4 is 11.8 Å². The van der Waals surface area contributed by atoms with Crippen LogP contribution in [0.5, 0.6) is 11.5 Å². The van der Waals surface area contributed by atoms with E-state index in [2.05, 4.69) is 10.2 Å². The minimum absolute atomic E-state index is 0.280. The number of benzene rings is 3. The fourth-order valence-electron chi connectivity index (χ4n) is 3.62. The van der Waals surface area contributed by atoms with Crippen LogP contribution >= 0.6 is 11.8 Å². The Bertz CT molecular complexity index is 1290. The highest BCUT2D eigenvalue weighted by molar-refractivity contribution is 7.99. The van der Waals surface area contributed by atoms with Gasteiger partial charge in [-0.05, 0) is 49.2 Å². The van der Waals surface area contributed by atoms with E-state index in [1.165, 1.54) is 11.8 Å². The molecule has 0 aliphatic heterocycles. The molecular formula is C26H26N4O4S. The predicted octanol–water partition coefficient (Wildman–Crippen LogP) is 5.58. The average molecular weight is 491 g/mol. The molecule has 3 aromatic carbocycles. The molecule has 0 bridgehead atoms. The number of ether oxygens (including phenoxy) is 2. The molecule has 1 aromatic heterocycles. The van der Waals surface area contributed by atoms with E-state index in [0.717, 1.165) is 22.4 Å². The first-order valence-electron chi connectivity index (χ1n) is 11.1. The van der Waals surface area contributed by atoms with Crippen LogP contribution in [0.2, 0.25) is 0 Å². The van der Waals surface area contributed by atoms with Crippen molar-refractivity contribution in [1.82, 2.24) is 14.8 Å². The molecular weight excluding hydrogens is 464 g/mol. The second-order valence-electron chi connectivity index (χ2n) is 8.01. The van der Waals surface area contributed by atoms with Crippen molar-refractivity contribution in [3.8, 4) is 17.2 Å². The largest absolute Gasteiger partial charge is 0.493 e. The Balaban J connectivity index is 1.61. The number of nitro groups is 1. The second-order valence-corrected chi connectivity index (χ2v) is 9.18. The van der Waals surface area contributed by atoms with Crippen LogP contribution in [0.15, 0.2) is 78.0 Å². The van der Waals surface area contributed by atoms with Gasteiger partial charge in [-0.15, -0.1) is 10.2 Å². The van der Waals surface area contributed by atoms with Crippen molar-refractivity contribution in [2.75, 3.05) is 13.7 Å². The third-order valence-corrected chi connectivity index (χ3v) is 6.63. The summed E-state index contributed by atoms with van der Waals surface area (Å²) < 4.78 is 13.4. The van der Waals surface area contributed by atoms with Crippen LogP contribution < -0.4 is 9.47 Å². The SMILES string of the molecule is COc1cc([C@@H](C[N+](=O)[O-])Sc2nnc(C)n2-c2ccc(C)cc2)ccc1OCc1ccccc1. The number of hydrogen-bond acceptors (Lipinski definition) is 7. The molecule has 0 spiro atoms. The number of thioether (sulfide) groups is 1. The monoisotopic (exact) mass is 490 g/mol. The third kappa shape index (κ3) is 5.99. The molecule has 0 N–H and O–H groups in total. The molecule has 4 aromatic rings. The van der Waals surface area contributed by atoms with Gasteiger partial charge in [0.15, 0.2) is 16.7 Å². The van der Waals surface area contributed by atoms with E-state index in [1.54, 1.807) is 19.2 Å². The first kappa shape index (κ1) is 24.3. The summed E-state index contributed by atoms with van der Waals surface area (Å²) in [4.78, 5) is 11.2. The van der Waals surface area contributed by atoms with Crippen molar-refractivity contribution in [3.63, 3.8) is 0 Å². The molecule has 0 saturated carbocycles. The molecule has 9 heteroatoms. The maximum absolute atomic E-state index is 11.5. The number of hydrogen-bond donors (Lipinski definition) is 0. The summed E-state index contributed by atoms with van der Waals surface area (Å²) in [5.41, 5.74) is 3.82. The second kappa shape index (κ2) is 11.1. The standard InChI is InChI=1S/C26H26N4O4S/c1-18-9-12-22(13-10-18)30-19(2)27-28-26(30)35-25(16-29(31)32)21-11-14-23(24(15-21)33-3)34-17-20-7-5-4-6-8-20/h4-15,25H,16-17H2,1-3H3/t25-/m1/s1. The minimum atomic E-state index is -0.505. The maximum atomic E-state index is 11.5. The molecule has 0 radical (unpaired) electrons. The highest BCUT2D eigenvalue weighted by atomic mass is 32.2. The lowest BCUT2D eigenvalue weighted by Gasteiger charge is -2.17.